The van der Waals surface area contributed by atoms with E-state index < -0.39 is 0 Å². The van der Waals surface area contributed by atoms with Crippen molar-refractivity contribution in [3.8, 4) is 11.3 Å². The Labute approximate surface area is 147 Å². The monoisotopic (exact) mass is 346 g/mol. The van der Waals surface area contributed by atoms with Crippen LogP contribution in [0.5, 0.6) is 0 Å². The molecule has 1 amide bonds. The number of fused-ring (bicyclic) bond motifs is 2. The molecule has 0 aliphatic carbocycles. The molecule has 0 spiro atoms. The van der Waals surface area contributed by atoms with Crippen LogP contribution in [-0.4, -0.2) is 31.0 Å². The number of nitrogens with zero attached hydrogens (tertiary/aromatic N) is 5. The molecule has 0 saturated carbocycles. The first-order valence-corrected chi connectivity index (χ1v) is 8.20. The van der Waals surface area contributed by atoms with Crippen molar-refractivity contribution >= 4 is 22.8 Å². The molecular formula is C18H14N6O2. The van der Waals surface area contributed by atoms with Crippen LogP contribution >= 0.6 is 0 Å². The van der Waals surface area contributed by atoms with E-state index in [-0.39, 0.29) is 11.8 Å². The van der Waals surface area contributed by atoms with E-state index >= 15 is 0 Å². The molecular weight excluding hydrogens is 332 g/mol. The zero-order valence-corrected chi connectivity index (χ0v) is 13.9. The fourth-order valence-corrected chi connectivity index (χ4v) is 3.58. The van der Waals surface area contributed by atoms with E-state index in [1.165, 1.54) is 0 Å². The minimum Gasteiger partial charge on any atom is -0.311 e. The van der Waals surface area contributed by atoms with Gasteiger partial charge in [0.2, 0.25) is 5.91 Å². The number of rotatable bonds is 2. The van der Waals surface area contributed by atoms with E-state index in [1.807, 2.05) is 37.4 Å². The second kappa shape index (κ2) is 5.48. The molecule has 4 heterocycles. The van der Waals surface area contributed by atoms with Crippen molar-refractivity contribution in [3.05, 3.63) is 53.9 Å². The van der Waals surface area contributed by atoms with Gasteiger partial charge in [0.25, 0.3) is 0 Å². The highest BCUT2D eigenvalue weighted by Gasteiger charge is 2.34. The van der Waals surface area contributed by atoms with Gasteiger partial charge < -0.3 is 5.32 Å². The fourth-order valence-electron chi connectivity index (χ4n) is 3.58. The van der Waals surface area contributed by atoms with E-state index in [2.05, 4.69) is 25.7 Å². The van der Waals surface area contributed by atoms with Crippen molar-refractivity contribution in [2.24, 2.45) is 7.05 Å². The van der Waals surface area contributed by atoms with Crippen molar-refractivity contribution in [3.63, 3.8) is 0 Å². The molecule has 1 aromatic carbocycles. The summed E-state index contributed by atoms with van der Waals surface area (Å²) in [4.78, 5) is 16.6. The van der Waals surface area contributed by atoms with Gasteiger partial charge in [0.15, 0.2) is 0 Å². The summed E-state index contributed by atoms with van der Waals surface area (Å²) >= 11 is 0. The van der Waals surface area contributed by atoms with Crippen molar-refractivity contribution < 1.29 is 9.42 Å². The summed E-state index contributed by atoms with van der Waals surface area (Å²) < 4.78 is 6.60. The number of pyridine rings is 1. The third-order valence-corrected chi connectivity index (χ3v) is 4.71. The van der Waals surface area contributed by atoms with Crippen molar-refractivity contribution in [2.45, 2.75) is 12.3 Å². The molecule has 1 atom stereocenters. The van der Waals surface area contributed by atoms with Crippen LogP contribution in [0.4, 0.5) is 5.82 Å². The second-order valence-electron chi connectivity index (χ2n) is 6.26. The molecule has 5 rings (SSSR count). The van der Waals surface area contributed by atoms with Gasteiger partial charge in [0.05, 0.1) is 5.69 Å². The van der Waals surface area contributed by atoms with Crippen LogP contribution in [0.15, 0.2) is 47.4 Å². The Morgan fingerprint density at radius 1 is 1.23 bits per heavy atom. The van der Waals surface area contributed by atoms with Crippen LogP contribution in [0.3, 0.4) is 0 Å². The quantitative estimate of drug-likeness (QED) is 0.599. The van der Waals surface area contributed by atoms with Crippen molar-refractivity contribution in [1.29, 1.82) is 0 Å². The van der Waals surface area contributed by atoms with Gasteiger partial charge in [0, 0.05) is 42.9 Å². The maximum absolute atomic E-state index is 12.4. The molecule has 0 saturated heterocycles. The SMILES string of the molecule is Cn1nc(-c2cccnc2)c2c1NC(=O)C[C@H]2c1cccc2nonc12. The molecule has 0 fully saturated rings. The number of aromatic nitrogens is 5. The fraction of sp³-hybridized carbons (Fsp3) is 0.167. The lowest BCUT2D eigenvalue weighted by atomic mass is 9.84. The van der Waals surface area contributed by atoms with Crippen LogP contribution in [0, 0.1) is 0 Å². The van der Waals surface area contributed by atoms with Gasteiger partial charge in [-0.05, 0) is 34.1 Å². The van der Waals surface area contributed by atoms with E-state index in [0.29, 0.717) is 23.3 Å². The van der Waals surface area contributed by atoms with Crippen LogP contribution in [0.2, 0.25) is 0 Å². The smallest absolute Gasteiger partial charge is 0.226 e. The number of aryl methyl sites for hydroxylation is 1. The van der Waals surface area contributed by atoms with Crippen LogP contribution < -0.4 is 5.32 Å². The molecule has 8 nitrogen and oxygen atoms in total. The zero-order valence-electron chi connectivity index (χ0n) is 13.9. The first kappa shape index (κ1) is 14.8. The van der Waals surface area contributed by atoms with Crippen LogP contribution in [0.1, 0.15) is 23.5 Å². The Bertz CT molecular complexity index is 1130. The molecule has 1 N–H and O–H groups in total. The molecule has 4 aromatic rings. The lowest BCUT2D eigenvalue weighted by Crippen LogP contribution is -2.24. The Morgan fingerprint density at radius 3 is 3.00 bits per heavy atom. The van der Waals surface area contributed by atoms with Gasteiger partial charge in [-0.2, -0.15) is 5.10 Å². The highest BCUT2D eigenvalue weighted by atomic mass is 16.6. The molecule has 8 heteroatoms. The number of anilines is 1. The number of carbonyl (C=O) groups is 1. The van der Waals surface area contributed by atoms with Gasteiger partial charge in [-0.15, -0.1) is 0 Å². The van der Waals surface area contributed by atoms with Gasteiger partial charge in [0.1, 0.15) is 16.9 Å². The zero-order chi connectivity index (χ0) is 17.7. The van der Waals surface area contributed by atoms with Gasteiger partial charge >= 0.3 is 0 Å². The number of amides is 1. The third-order valence-electron chi connectivity index (χ3n) is 4.71. The van der Waals surface area contributed by atoms with Gasteiger partial charge in [-0.3, -0.25) is 14.5 Å². The summed E-state index contributed by atoms with van der Waals surface area (Å²) in [5.74, 6) is 0.438. The first-order chi connectivity index (χ1) is 12.7. The van der Waals surface area contributed by atoms with Crippen molar-refractivity contribution in [2.75, 3.05) is 5.32 Å². The Kier molecular flexibility index (Phi) is 3.11. The lowest BCUT2D eigenvalue weighted by Gasteiger charge is -2.24. The Balaban J connectivity index is 1.78. The van der Waals surface area contributed by atoms with Gasteiger partial charge in [-0.1, -0.05) is 12.1 Å². The summed E-state index contributed by atoms with van der Waals surface area (Å²) in [7, 11) is 1.82. The summed E-state index contributed by atoms with van der Waals surface area (Å²) in [6, 6.07) is 9.52. The minimum absolute atomic E-state index is 0.0586. The highest BCUT2D eigenvalue weighted by molar-refractivity contribution is 5.97. The molecule has 3 aromatic heterocycles. The molecule has 1 aliphatic heterocycles. The largest absolute Gasteiger partial charge is 0.311 e. The van der Waals surface area contributed by atoms with E-state index in [4.69, 9.17) is 4.63 Å². The average Bonchev–Trinajstić information content (AvgIpc) is 3.27. The average molecular weight is 346 g/mol. The lowest BCUT2D eigenvalue weighted by molar-refractivity contribution is -0.116. The van der Waals surface area contributed by atoms with E-state index in [9.17, 15) is 4.79 Å². The maximum Gasteiger partial charge on any atom is 0.226 e. The Hall–Kier alpha value is -3.55. The summed E-state index contributed by atoms with van der Waals surface area (Å²) in [5.41, 5.74) is 4.89. The summed E-state index contributed by atoms with van der Waals surface area (Å²) in [6.45, 7) is 0. The number of benzene rings is 1. The predicted molar refractivity (Wildman–Crippen MR) is 93.3 cm³/mol. The second-order valence-corrected chi connectivity index (χ2v) is 6.26. The van der Waals surface area contributed by atoms with Crippen molar-refractivity contribution in [1.82, 2.24) is 25.1 Å². The normalized spacial score (nSPS) is 16.5. The van der Waals surface area contributed by atoms with Gasteiger partial charge in [-0.25, -0.2) is 4.63 Å². The molecule has 128 valence electrons. The Morgan fingerprint density at radius 2 is 2.15 bits per heavy atom. The van der Waals surface area contributed by atoms with E-state index in [0.717, 1.165) is 22.4 Å². The number of carbonyl (C=O) groups excluding carboxylic acids is 1. The number of nitrogens with one attached hydrogen (secondary N) is 1. The van der Waals surface area contributed by atoms with Crippen LogP contribution in [-0.2, 0) is 11.8 Å². The van der Waals surface area contributed by atoms with Crippen LogP contribution in [0.25, 0.3) is 22.3 Å². The molecule has 0 radical (unpaired) electrons. The van der Waals surface area contributed by atoms with E-state index in [1.54, 1.807) is 17.1 Å². The summed E-state index contributed by atoms with van der Waals surface area (Å²) in [6.07, 6.45) is 3.80. The summed E-state index contributed by atoms with van der Waals surface area (Å²) in [5, 5.41) is 15.5. The highest BCUT2D eigenvalue weighted by Crippen LogP contribution is 2.43. The first-order valence-electron chi connectivity index (χ1n) is 8.20. The maximum atomic E-state index is 12.4. The standard InChI is InChI=1S/C18H14N6O2/c1-24-18-15(16(21-24)10-4-3-7-19-9-10)12(8-14(25)20-18)11-5-2-6-13-17(11)23-26-22-13/h2-7,9,12H,8H2,1H3,(H,20,25)/t12-/m0/s1. The molecule has 0 bridgehead atoms. The topological polar surface area (TPSA) is 98.7 Å². The number of hydrogen-bond acceptors (Lipinski definition) is 6. The molecule has 1 aliphatic rings. The minimum atomic E-state index is -0.196. The predicted octanol–water partition coefficient (Wildman–Crippen LogP) is 2.49. The number of hydrogen-bond donors (Lipinski definition) is 1. The third kappa shape index (κ3) is 2.12. The molecule has 26 heavy (non-hydrogen) atoms. The molecule has 0 unspecified atom stereocenters.